The number of hydrogen-bond acceptors (Lipinski definition) is 12. The average molecular weight is 721 g/mol. The Morgan fingerprint density at radius 1 is 1.12 bits per heavy atom. The number of carbonyl (C=O) groups excluding carboxylic acids is 1. The fourth-order valence-electron chi connectivity index (χ4n) is 4.58. The molecule has 1 aliphatic rings. The van der Waals surface area contributed by atoms with Crippen molar-refractivity contribution in [2.45, 2.75) is 69.8 Å². The summed E-state index contributed by atoms with van der Waals surface area (Å²) in [6.45, 7) is 7.67. The Morgan fingerprint density at radius 2 is 1.92 bits per heavy atom. The third-order valence-electron chi connectivity index (χ3n) is 7.17. The first-order valence-corrected chi connectivity index (χ1v) is 18.3. The van der Waals surface area contributed by atoms with E-state index in [0.29, 0.717) is 30.3 Å². The molecule has 12 nitrogen and oxygen atoms in total. The summed E-state index contributed by atoms with van der Waals surface area (Å²) in [7, 11) is -2.42. The molecule has 1 fully saturated rings. The Hall–Kier alpha value is -4.39. The minimum absolute atomic E-state index is 0.0527. The zero-order valence-electron chi connectivity index (χ0n) is 28.6. The number of thiazole rings is 1. The van der Waals surface area contributed by atoms with Gasteiger partial charge in [0.15, 0.2) is 12.1 Å². The van der Waals surface area contributed by atoms with E-state index >= 15 is 0 Å². The number of fused-ring (bicyclic) bond motifs is 1. The summed E-state index contributed by atoms with van der Waals surface area (Å²) in [5.41, 5.74) is 1.56. The van der Waals surface area contributed by atoms with Crippen LogP contribution in [0.2, 0.25) is 0 Å². The summed E-state index contributed by atoms with van der Waals surface area (Å²) in [5, 5.41) is 0.747. The van der Waals surface area contributed by atoms with Crippen LogP contribution in [-0.4, -0.2) is 74.3 Å². The number of hydrogen-bond donors (Lipinski definition) is 0. The molecule has 14 heteroatoms. The van der Waals surface area contributed by atoms with Crippen LogP contribution in [0.15, 0.2) is 65.8 Å². The van der Waals surface area contributed by atoms with Crippen LogP contribution in [0.5, 0.6) is 5.75 Å². The van der Waals surface area contributed by atoms with Crippen LogP contribution in [0, 0.1) is 18.8 Å². The van der Waals surface area contributed by atoms with E-state index in [1.165, 1.54) is 40.8 Å². The third kappa shape index (κ3) is 10.8. The smallest absolute Gasteiger partial charge is 0.415 e. The molecule has 264 valence electrons. The number of amides is 1. The predicted molar refractivity (Wildman–Crippen MR) is 190 cm³/mol. The molecule has 2 aromatic carbocycles. The second-order valence-corrected chi connectivity index (χ2v) is 15.2. The Morgan fingerprint density at radius 3 is 2.62 bits per heavy atom. The fraction of sp³-hybridized carbons (Fsp3) is 0.389. The molecular weight excluding hydrogens is 681 g/mol. The first kappa shape index (κ1) is 36.9. The zero-order valence-corrected chi connectivity index (χ0v) is 30.3. The van der Waals surface area contributed by atoms with Crippen molar-refractivity contribution >= 4 is 49.7 Å². The van der Waals surface area contributed by atoms with Gasteiger partial charge in [0.1, 0.15) is 34.8 Å². The molecule has 0 aliphatic carbocycles. The fourth-order valence-corrected chi connectivity index (χ4v) is 6.42. The molecule has 2 unspecified atom stereocenters. The van der Waals surface area contributed by atoms with Crippen LogP contribution in [0.3, 0.4) is 0 Å². The zero-order chi connectivity index (χ0) is 35.7. The average Bonchev–Trinajstić information content (AvgIpc) is 3.50. The van der Waals surface area contributed by atoms with Crippen molar-refractivity contribution in [2.75, 3.05) is 31.8 Å². The van der Waals surface area contributed by atoms with Crippen molar-refractivity contribution in [3.63, 3.8) is 0 Å². The molecule has 0 saturated carbocycles. The minimum atomic E-state index is -3.98. The summed E-state index contributed by atoms with van der Waals surface area (Å²) in [5.74, 6) is 6.78. The number of aromatic nitrogens is 3. The van der Waals surface area contributed by atoms with Gasteiger partial charge < -0.3 is 18.9 Å². The van der Waals surface area contributed by atoms with Crippen molar-refractivity contribution in [3.8, 4) is 17.6 Å². The van der Waals surface area contributed by atoms with Crippen LogP contribution in [0.25, 0.3) is 16.3 Å². The molecular formula is C36H40N4O8S2. The SMILES string of the molecule is Cc1ccc(S(=O)(=O)OCC(COc2ccc3nc(/C=C/C#Cc4cnc(N(C)C(=O)OC(C)(C)C)cn4)sc3c2)OC2CCCCO2)cc1. The number of rotatable bonds is 11. The lowest BCUT2D eigenvalue weighted by Gasteiger charge is -2.27. The highest BCUT2D eigenvalue weighted by molar-refractivity contribution is 7.86. The Kier molecular flexibility index (Phi) is 12.2. The maximum atomic E-state index is 12.8. The van der Waals surface area contributed by atoms with Gasteiger partial charge in [-0.2, -0.15) is 8.42 Å². The normalized spacial score (nSPS) is 15.7. The van der Waals surface area contributed by atoms with E-state index in [1.54, 1.807) is 58.2 Å². The van der Waals surface area contributed by atoms with Gasteiger partial charge >= 0.3 is 6.09 Å². The number of ether oxygens (including phenoxy) is 4. The second kappa shape index (κ2) is 16.5. The van der Waals surface area contributed by atoms with Gasteiger partial charge in [0.2, 0.25) is 0 Å². The van der Waals surface area contributed by atoms with Gasteiger partial charge in [-0.3, -0.25) is 9.08 Å². The number of allylic oxidation sites excluding steroid dienone is 1. The lowest BCUT2D eigenvalue weighted by atomic mass is 10.2. The number of anilines is 1. The number of benzene rings is 2. The highest BCUT2D eigenvalue weighted by Gasteiger charge is 2.25. The summed E-state index contributed by atoms with van der Waals surface area (Å²) in [4.78, 5) is 26.8. The van der Waals surface area contributed by atoms with Gasteiger partial charge in [0, 0.05) is 13.7 Å². The van der Waals surface area contributed by atoms with Crippen molar-refractivity contribution in [2.24, 2.45) is 0 Å². The second-order valence-electron chi connectivity index (χ2n) is 12.5. The van der Waals surface area contributed by atoms with Crippen LogP contribution >= 0.6 is 11.3 Å². The van der Waals surface area contributed by atoms with Crippen molar-refractivity contribution in [3.05, 3.63) is 77.2 Å². The summed E-state index contributed by atoms with van der Waals surface area (Å²) in [6.07, 6.45) is 7.38. The quantitative estimate of drug-likeness (QED) is 0.124. The van der Waals surface area contributed by atoms with Gasteiger partial charge in [-0.15, -0.1) is 11.3 Å². The largest absolute Gasteiger partial charge is 0.491 e. The monoisotopic (exact) mass is 720 g/mol. The molecule has 1 aliphatic heterocycles. The topological polar surface area (TPSA) is 139 Å². The van der Waals surface area contributed by atoms with E-state index in [2.05, 4.69) is 26.8 Å². The minimum Gasteiger partial charge on any atom is -0.491 e. The maximum Gasteiger partial charge on any atom is 0.415 e. The maximum absolute atomic E-state index is 12.8. The van der Waals surface area contributed by atoms with Crippen molar-refractivity contribution < 1.29 is 36.3 Å². The molecule has 0 N–H and O–H groups in total. The Balaban J connectivity index is 1.18. The van der Waals surface area contributed by atoms with Gasteiger partial charge in [-0.25, -0.2) is 19.7 Å². The molecule has 2 aromatic heterocycles. The van der Waals surface area contributed by atoms with E-state index in [9.17, 15) is 13.2 Å². The van der Waals surface area contributed by atoms with Crippen molar-refractivity contribution in [1.82, 2.24) is 15.0 Å². The third-order valence-corrected chi connectivity index (χ3v) is 9.45. The van der Waals surface area contributed by atoms with Gasteiger partial charge in [0.05, 0.1) is 34.1 Å². The van der Waals surface area contributed by atoms with Crippen LogP contribution in [0.1, 0.15) is 56.3 Å². The molecule has 3 heterocycles. The molecule has 1 saturated heterocycles. The van der Waals surface area contributed by atoms with Crippen LogP contribution in [0.4, 0.5) is 10.6 Å². The van der Waals surface area contributed by atoms with Gasteiger partial charge in [-0.1, -0.05) is 23.6 Å². The highest BCUT2D eigenvalue weighted by atomic mass is 32.2. The lowest BCUT2D eigenvalue weighted by molar-refractivity contribution is -0.198. The Labute approximate surface area is 296 Å². The predicted octanol–water partition coefficient (Wildman–Crippen LogP) is 6.53. The number of carbonyl (C=O) groups is 1. The van der Waals surface area contributed by atoms with Crippen LogP contribution < -0.4 is 9.64 Å². The Bertz CT molecular complexity index is 1960. The molecule has 50 heavy (non-hydrogen) atoms. The number of aryl methyl sites for hydroxylation is 1. The highest BCUT2D eigenvalue weighted by Crippen LogP contribution is 2.28. The van der Waals surface area contributed by atoms with E-state index < -0.39 is 34.2 Å². The molecule has 0 radical (unpaired) electrons. The van der Waals surface area contributed by atoms with Crippen LogP contribution in [-0.2, 0) is 28.5 Å². The molecule has 0 spiro atoms. The van der Waals surface area contributed by atoms with E-state index in [0.717, 1.165) is 33.6 Å². The van der Waals surface area contributed by atoms with E-state index in [-0.39, 0.29) is 18.1 Å². The van der Waals surface area contributed by atoms with Gasteiger partial charge in [0.25, 0.3) is 10.1 Å². The molecule has 4 aromatic rings. The van der Waals surface area contributed by atoms with Crippen molar-refractivity contribution in [1.29, 1.82) is 0 Å². The summed E-state index contributed by atoms with van der Waals surface area (Å²) in [6, 6.07) is 12.0. The molecule has 1 amide bonds. The molecule has 5 rings (SSSR count). The number of nitrogens with zero attached hydrogens (tertiary/aromatic N) is 4. The van der Waals surface area contributed by atoms with Gasteiger partial charge in [-0.05, 0) is 95.4 Å². The molecule has 2 atom stereocenters. The standard InChI is InChI=1S/C36H40N4O8S2/c1-25-13-16-29(17-14-25)50(42,43)46-24-28(47-34-12-8-9-19-44-34)23-45-27-15-18-30-31(20-27)49-33(39-30)11-7-6-10-26-21-38-32(22-37-26)40(5)35(41)48-36(2,3)4/h7,11,13-18,20-22,28,34H,8-9,12,19,23-24H2,1-5H3/b11-7+. The van der Waals surface area contributed by atoms with E-state index in [1.807, 2.05) is 19.1 Å². The lowest BCUT2D eigenvalue weighted by Crippen LogP contribution is -2.35. The first-order valence-electron chi connectivity index (χ1n) is 16.1. The first-order chi connectivity index (χ1) is 23.8. The molecule has 0 bridgehead atoms. The summed E-state index contributed by atoms with van der Waals surface area (Å²) >= 11 is 1.47. The summed E-state index contributed by atoms with van der Waals surface area (Å²) < 4.78 is 55.2. The van der Waals surface area contributed by atoms with E-state index in [4.69, 9.17) is 23.1 Å².